The van der Waals surface area contributed by atoms with Crippen LogP contribution in [0.4, 0.5) is 13.9 Å². The number of carbonyl (C=O) groups excluding carboxylic acids is 1. The van der Waals surface area contributed by atoms with Crippen molar-refractivity contribution >= 4 is 22.6 Å². The van der Waals surface area contributed by atoms with Crippen LogP contribution in [-0.4, -0.2) is 28.7 Å². The first-order chi connectivity index (χ1) is 14.1. The molecule has 0 atom stereocenters. The Kier molecular flexibility index (Phi) is 5.52. The maximum Gasteiger partial charge on any atom is 0.387 e. The van der Waals surface area contributed by atoms with Crippen LogP contribution in [0.2, 0.25) is 0 Å². The van der Waals surface area contributed by atoms with Gasteiger partial charge in [-0.15, -0.1) is 0 Å². The minimum Gasteiger partial charge on any atom is -0.454 e. The summed E-state index contributed by atoms with van der Waals surface area (Å²) in [4.78, 5) is 16.5. The number of hydrogen-bond acceptors (Lipinski definition) is 7. The van der Waals surface area contributed by atoms with Crippen LogP contribution in [0.25, 0.3) is 11.4 Å². The number of amides is 1. The fourth-order valence-corrected chi connectivity index (χ4v) is 3.32. The lowest BCUT2D eigenvalue weighted by Gasteiger charge is -2.04. The topological polar surface area (TPSA) is 82.6 Å². The normalized spacial score (nSPS) is 12.2. The van der Waals surface area contributed by atoms with Crippen molar-refractivity contribution in [1.82, 2.24) is 9.36 Å². The molecule has 0 unspecified atom stereocenters. The summed E-state index contributed by atoms with van der Waals surface area (Å²) in [7, 11) is 0. The number of alkyl halides is 2. The second-order valence-electron chi connectivity index (χ2n) is 6.06. The Morgan fingerprint density at radius 2 is 1.97 bits per heavy atom. The minimum atomic E-state index is -2.88. The van der Waals surface area contributed by atoms with Crippen LogP contribution in [-0.2, 0) is 11.2 Å². The van der Waals surface area contributed by atoms with Crippen LogP contribution in [0.1, 0.15) is 12.0 Å². The summed E-state index contributed by atoms with van der Waals surface area (Å²) < 4.78 is 43.5. The smallest absolute Gasteiger partial charge is 0.387 e. The van der Waals surface area contributed by atoms with Crippen molar-refractivity contribution in [2.75, 3.05) is 12.1 Å². The third kappa shape index (κ3) is 4.77. The Bertz CT molecular complexity index is 1010. The molecular formula is C19H15F2N3O4S. The molecule has 0 radical (unpaired) electrons. The number of rotatable bonds is 7. The van der Waals surface area contributed by atoms with Gasteiger partial charge < -0.3 is 19.5 Å². The van der Waals surface area contributed by atoms with Gasteiger partial charge in [0, 0.05) is 23.5 Å². The zero-order valence-corrected chi connectivity index (χ0v) is 15.7. The lowest BCUT2D eigenvalue weighted by Crippen LogP contribution is -2.12. The Morgan fingerprint density at radius 3 is 2.76 bits per heavy atom. The van der Waals surface area contributed by atoms with Crippen LogP contribution in [0.15, 0.2) is 42.5 Å². The van der Waals surface area contributed by atoms with Crippen molar-refractivity contribution in [3.8, 4) is 28.6 Å². The molecule has 0 bridgehead atoms. The molecule has 2 heterocycles. The van der Waals surface area contributed by atoms with Crippen LogP contribution >= 0.6 is 11.5 Å². The van der Waals surface area contributed by atoms with Gasteiger partial charge in [-0.3, -0.25) is 4.79 Å². The van der Waals surface area contributed by atoms with Crippen molar-refractivity contribution in [2.45, 2.75) is 19.5 Å². The average molecular weight is 419 g/mol. The van der Waals surface area contributed by atoms with Crippen LogP contribution in [0.5, 0.6) is 17.2 Å². The first-order valence-electron chi connectivity index (χ1n) is 8.64. The second-order valence-corrected chi connectivity index (χ2v) is 6.81. The molecule has 0 aliphatic carbocycles. The molecule has 150 valence electrons. The zero-order valence-electron chi connectivity index (χ0n) is 14.9. The highest BCUT2D eigenvalue weighted by Crippen LogP contribution is 2.32. The van der Waals surface area contributed by atoms with Gasteiger partial charge in [0.05, 0.1) is 0 Å². The highest BCUT2D eigenvalue weighted by Gasteiger charge is 2.14. The number of carbonyl (C=O) groups is 1. The third-order valence-electron chi connectivity index (χ3n) is 4.09. The number of benzene rings is 2. The largest absolute Gasteiger partial charge is 0.454 e. The molecule has 2 aromatic carbocycles. The summed E-state index contributed by atoms with van der Waals surface area (Å²) in [6.45, 7) is -2.67. The number of fused-ring (bicyclic) bond motifs is 1. The molecule has 0 saturated heterocycles. The third-order valence-corrected chi connectivity index (χ3v) is 4.72. The highest BCUT2D eigenvalue weighted by molar-refractivity contribution is 7.10. The monoisotopic (exact) mass is 419 g/mol. The molecule has 1 aliphatic rings. The first-order valence-corrected chi connectivity index (χ1v) is 9.41. The maximum atomic E-state index is 12.2. The predicted octanol–water partition coefficient (Wildman–Crippen LogP) is 4.11. The lowest BCUT2D eigenvalue weighted by atomic mass is 10.1. The standard InChI is InChI=1S/C19H15F2N3O4S/c20-18(21)28-13-5-3-12(4-6-13)17-23-19(29-24-17)22-16(25)8-2-11-1-7-14-15(9-11)27-10-26-14/h1,3-7,9,18H,2,8,10H2,(H,22,23,24,25). The summed E-state index contributed by atoms with van der Waals surface area (Å²) >= 11 is 1.04. The minimum absolute atomic E-state index is 0.0519. The molecule has 1 amide bonds. The summed E-state index contributed by atoms with van der Waals surface area (Å²) in [5.41, 5.74) is 1.59. The van der Waals surface area contributed by atoms with Crippen LogP contribution in [0.3, 0.4) is 0 Å². The van der Waals surface area contributed by atoms with E-state index < -0.39 is 6.61 Å². The number of nitrogens with zero attached hydrogens (tertiary/aromatic N) is 2. The molecule has 3 aromatic rings. The number of hydrogen-bond donors (Lipinski definition) is 1. The Balaban J connectivity index is 1.32. The second kappa shape index (κ2) is 8.39. The molecule has 0 saturated carbocycles. The number of ether oxygens (including phenoxy) is 3. The molecule has 1 aromatic heterocycles. The Labute approximate surface area is 168 Å². The number of nitrogens with one attached hydrogen (secondary N) is 1. The van der Waals surface area contributed by atoms with E-state index >= 15 is 0 Å². The van der Waals surface area contributed by atoms with Gasteiger partial charge in [-0.1, -0.05) is 6.07 Å². The highest BCUT2D eigenvalue weighted by atomic mass is 32.1. The lowest BCUT2D eigenvalue weighted by molar-refractivity contribution is -0.116. The molecule has 1 N–H and O–H groups in total. The van der Waals surface area contributed by atoms with Gasteiger partial charge in [-0.2, -0.15) is 18.1 Å². The molecule has 29 heavy (non-hydrogen) atoms. The van der Waals surface area contributed by atoms with Gasteiger partial charge in [0.2, 0.25) is 17.8 Å². The zero-order chi connectivity index (χ0) is 20.2. The van der Waals surface area contributed by atoms with E-state index in [0.29, 0.717) is 34.4 Å². The average Bonchev–Trinajstić information content (AvgIpc) is 3.35. The summed E-state index contributed by atoms with van der Waals surface area (Å²) in [5.74, 6) is 1.64. The van der Waals surface area contributed by atoms with E-state index in [1.165, 1.54) is 12.1 Å². The Morgan fingerprint density at radius 1 is 1.17 bits per heavy atom. The molecule has 0 fully saturated rings. The number of aromatic nitrogens is 2. The summed E-state index contributed by atoms with van der Waals surface area (Å²) in [6, 6.07) is 11.5. The Hall–Kier alpha value is -3.27. The fourth-order valence-electron chi connectivity index (χ4n) is 2.71. The van der Waals surface area contributed by atoms with E-state index in [9.17, 15) is 13.6 Å². The van der Waals surface area contributed by atoms with Gasteiger partial charge in [0.25, 0.3) is 0 Å². The predicted molar refractivity (Wildman–Crippen MR) is 101 cm³/mol. The molecule has 4 rings (SSSR count). The van der Waals surface area contributed by atoms with Crippen molar-refractivity contribution in [1.29, 1.82) is 0 Å². The molecular weight excluding hydrogens is 404 g/mol. The van der Waals surface area contributed by atoms with E-state index in [0.717, 1.165) is 17.1 Å². The van der Waals surface area contributed by atoms with Crippen molar-refractivity contribution in [3.63, 3.8) is 0 Å². The quantitative estimate of drug-likeness (QED) is 0.621. The maximum absolute atomic E-state index is 12.2. The summed E-state index contributed by atoms with van der Waals surface area (Å²) in [6.07, 6.45) is 0.813. The molecule has 0 spiro atoms. The SMILES string of the molecule is O=C(CCc1ccc2c(c1)OCO2)Nc1nc(-c2ccc(OC(F)F)cc2)ns1. The number of aryl methyl sites for hydroxylation is 1. The van der Waals surface area contributed by atoms with E-state index in [-0.39, 0.29) is 24.9 Å². The summed E-state index contributed by atoms with van der Waals surface area (Å²) in [5, 5.41) is 3.08. The number of halogens is 2. The van der Waals surface area contributed by atoms with Crippen LogP contribution in [0, 0.1) is 0 Å². The van der Waals surface area contributed by atoms with Gasteiger partial charge >= 0.3 is 6.61 Å². The number of anilines is 1. The first kappa shape index (κ1) is 19.1. The van der Waals surface area contributed by atoms with Crippen LogP contribution < -0.4 is 19.5 Å². The van der Waals surface area contributed by atoms with Crippen molar-refractivity contribution in [2.24, 2.45) is 0 Å². The van der Waals surface area contributed by atoms with E-state index in [2.05, 4.69) is 19.4 Å². The molecule has 1 aliphatic heterocycles. The fraction of sp³-hybridized carbons (Fsp3) is 0.211. The van der Waals surface area contributed by atoms with E-state index in [4.69, 9.17) is 9.47 Å². The van der Waals surface area contributed by atoms with Crippen molar-refractivity contribution < 1.29 is 27.8 Å². The van der Waals surface area contributed by atoms with Gasteiger partial charge in [0.15, 0.2) is 17.3 Å². The van der Waals surface area contributed by atoms with Gasteiger partial charge in [0.1, 0.15) is 5.75 Å². The van der Waals surface area contributed by atoms with Gasteiger partial charge in [-0.05, 0) is 48.4 Å². The van der Waals surface area contributed by atoms with E-state index in [1.54, 1.807) is 12.1 Å². The molecule has 10 heteroatoms. The van der Waals surface area contributed by atoms with Gasteiger partial charge in [-0.25, -0.2) is 0 Å². The molecule has 7 nitrogen and oxygen atoms in total. The van der Waals surface area contributed by atoms with Crippen molar-refractivity contribution in [3.05, 3.63) is 48.0 Å². The van der Waals surface area contributed by atoms with E-state index in [1.807, 2.05) is 18.2 Å².